The summed E-state index contributed by atoms with van der Waals surface area (Å²) in [5, 5.41) is 8.84. The first kappa shape index (κ1) is 28.5. The first-order chi connectivity index (χ1) is 18.9. The zero-order chi connectivity index (χ0) is 29.0. The second-order valence-corrected chi connectivity index (χ2v) is 9.61. The van der Waals surface area contributed by atoms with Crippen LogP contribution in [0.4, 0.5) is 13.2 Å². The highest BCUT2D eigenvalue weighted by molar-refractivity contribution is 5.97. The standard InChI is InChI=1S/C31H28F3NO5/c1-19-13-20(2)29(21(3)14-19)30(38)35(17-26-11-12-27(40-26)31(32,33)34)16-22-7-9-23(10-8-22)24-5-4-6-25(15-24)39-18-28(36)37/h4-15H,16-18H2,1-3H3,(H,36,37). The van der Waals surface area contributed by atoms with Crippen molar-refractivity contribution in [1.29, 1.82) is 0 Å². The number of hydrogen-bond donors (Lipinski definition) is 1. The molecule has 1 aromatic heterocycles. The largest absolute Gasteiger partial charge is 0.482 e. The number of aliphatic carboxylic acids is 1. The van der Waals surface area contributed by atoms with Crippen molar-refractivity contribution < 1.29 is 37.0 Å². The van der Waals surface area contributed by atoms with Crippen LogP contribution >= 0.6 is 0 Å². The maximum atomic E-state index is 13.8. The quantitative estimate of drug-likeness (QED) is 0.238. The number of carboxylic acid groups (broad SMARTS) is 1. The van der Waals surface area contributed by atoms with Crippen LogP contribution in [0.1, 0.15) is 44.1 Å². The molecule has 1 heterocycles. The highest BCUT2D eigenvalue weighted by Crippen LogP contribution is 2.32. The van der Waals surface area contributed by atoms with Crippen LogP contribution in [0.15, 0.2) is 77.2 Å². The van der Waals surface area contributed by atoms with Crippen LogP contribution < -0.4 is 4.74 Å². The third-order valence-corrected chi connectivity index (χ3v) is 6.32. The van der Waals surface area contributed by atoms with Gasteiger partial charge in [-0.1, -0.05) is 54.1 Å². The van der Waals surface area contributed by atoms with Crippen LogP contribution in [0.2, 0.25) is 0 Å². The Bertz CT molecular complexity index is 1500. The Balaban J connectivity index is 1.60. The summed E-state index contributed by atoms with van der Waals surface area (Å²) in [5.74, 6) is -2.06. The Morgan fingerprint density at radius 2 is 1.55 bits per heavy atom. The van der Waals surface area contributed by atoms with Crippen molar-refractivity contribution in [2.45, 2.75) is 40.0 Å². The summed E-state index contributed by atoms with van der Waals surface area (Å²) >= 11 is 0. The summed E-state index contributed by atoms with van der Waals surface area (Å²) in [6.07, 6.45) is -4.62. The summed E-state index contributed by atoms with van der Waals surface area (Å²) < 4.78 is 49.7. The number of carbonyl (C=O) groups is 2. The molecule has 6 nitrogen and oxygen atoms in total. The van der Waals surface area contributed by atoms with Gasteiger partial charge in [0.25, 0.3) is 5.91 Å². The topological polar surface area (TPSA) is 80.0 Å². The first-order valence-electron chi connectivity index (χ1n) is 12.5. The molecule has 0 atom stereocenters. The van der Waals surface area contributed by atoms with Gasteiger partial charge in [0.15, 0.2) is 6.61 Å². The Hall–Kier alpha value is -4.53. The lowest BCUT2D eigenvalue weighted by Crippen LogP contribution is -2.31. The Morgan fingerprint density at radius 3 is 2.15 bits per heavy atom. The van der Waals surface area contributed by atoms with Crippen molar-refractivity contribution >= 4 is 11.9 Å². The molecule has 0 saturated carbocycles. The van der Waals surface area contributed by atoms with E-state index in [1.54, 1.807) is 18.2 Å². The third-order valence-electron chi connectivity index (χ3n) is 6.32. The summed E-state index contributed by atoms with van der Waals surface area (Å²) in [6, 6.07) is 20.3. The van der Waals surface area contributed by atoms with Gasteiger partial charge in [0, 0.05) is 12.1 Å². The van der Waals surface area contributed by atoms with E-state index in [0.717, 1.165) is 39.4 Å². The van der Waals surface area contributed by atoms with Gasteiger partial charge in [0.2, 0.25) is 5.76 Å². The van der Waals surface area contributed by atoms with E-state index in [0.29, 0.717) is 11.3 Å². The number of rotatable bonds is 9. The van der Waals surface area contributed by atoms with Gasteiger partial charge in [-0.05, 0) is 72.9 Å². The zero-order valence-electron chi connectivity index (χ0n) is 22.2. The highest BCUT2D eigenvalue weighted by atomic mass is 19.4. The molecule has 0 aliphatic rings. The van der Waals surface area contributed by atoms with E-state index in [2.05, 4.69) is 0 Å². The monoisotopic (exact) mass is 551 g/mol. The molecule has 0 saturated heterocycles. The fourth-order valence-corrected chi connectivity index (χ4v) is 4.61. The van der Waals surface area contributed by atoms with Gasteiger partial charge in [-0.2, -0.15) is 13.2 Å². The number of hydrogen-bond acceptors (Lipinski definition) is 4. The van der Waals surface area contributed by atoms with Gasteiger partial charge in [-0.25, -0.2) is 4.79 Å². The minimum Gasteiger partial charge on any atom is -0.482 e. The Morgan fingerprint density at radius 1 is 0.875 bits per heavy atom. The van der Waals surface area contributed by atoms with E-state index >= 15 is 0 Å². The molecule has 0 radical (unpaired) electrons. The molecule has 0 fully saturated rings. The number of halogens is 3. The molecule has 0 bridgehead atoms. The van der Waals surface area contributed by atoms with Crippen LogP contribution in [0, 0.1) is 20.8 Å². The minimum absolute atomic E-state index is 0.0258. The lowest BCUT2D eigenvalue weighted by Gasteiger charge is -2.24. The van der Waals surface area contributed by atoms with Crippen LogP contribution in [-0.2, 0) is 24.1 Å². The SMILES string of the molecule is Cc1cc(C)c(C(=O)N(Cc2ccc(-c3cccc(OCC(=O)O)c3)cc2)Cc2ccc(C(F)(F)F)o2)c(C)c1. The fraction of sp³-hybridized carbons (Fsp3) is 0.226. The normalized spacial score (nSPS) is 11.3. The molecule has 4 rings (SSSR count). The van der Waals surface area contributed by atoms with Crippen LogP contribution in [0.3, 0.4) is 0 Å². The summed E-state index contributed by atoms with van der Waals surface area (Å²) in [5.41, 5.74) is 5.49. The highest BCUT2D eigenvalue weighted by Gasteiger charge is 2.35. The zero-order valence-corrected chi connectivity index (χ0v) is 22.2. The molecule has 9 heteroatoms. The van der Waals surface area contributed by atoms with E-state index < -0.39 is 24.5 Å². The molecule has 208 valence electrons. The summed E-state index contributed by atoms with van der Waals surface area (Å²) in [7, 11) is 0. The van der Waals surface area contributed by atoms with Crippen molar-refractivity contribution in [3.8, 4) is 16.9 Å². The van der Waals surface area contributed by atoms with Crippen molar-refractivity contribution in [2.24, 2.45) is 0 Å². The summed E-state index contributed by atoms with van der Waals surface area (Å²) in [6.45, 7) is 5.14. The van der Waals surface area contributed by atoms with Gasteiger partial charge in [0.1, 0.15) is 11.5 Å². The second kappa shape index (κ2) is 11.7. The van der Waals surface area contributed by atoms with E-state index in [1.165, 1.54) is 11.0 Å². The predicted octanol–water partition coefficient (Wildman–Crippen LogP) is 7.20. The van der Waals surface area contributed by atoms with Gasteiger partial charge in [-0.15, -0.1) is 0 Å². The lowest BCUT2D eigenvalue weighted by atomic mass is 9.98. The van der Waals surface area contributed by atoms with Gasteiger partial charge < -0.3 is 19.2 Å². The van der Waals surface area contributed by atoms with Crippen molar-refractivity contribution in [2.75, 3.05) is 6.61 Å². The molecule has 0 spiro atoms. The average molecular weight is 552 g/mol. The van der Waals surface area contributed by atoms with Crippen molar-refractivity contribution in [1.82, 2.24) is 4.90 Å². The number of benzene rings is 3. The number of alkyl halides is 3. The van der Waals surface area contributed by atoms with E-state index in [9.17, 15) is 22.8 Å². The molecule has 3 aromatic carbocycles. The molecule has 0 unspecified atom stereocenters. The molecule has 1 amide bonds. The van der Waals surface area contributed by atoms with Gasteiger partial charge in [0.05, 0.1) is 6.54 Å². The first-order valence-corrected chi connectivity index (χ1v) is 12.5. The van der Waals surface area contributed by atoms with Gasteiger partial charge in [-0.3, -0.25) is 4.79 Å². The number of aryl methyl sites for hydroxylation is 3. The summed E-state index contributed by atoms with van der Waals surface area (Å²) in [4.78, 5) is 26.0. The molecule has 1 N–H and O–H groups in total. The Labute approximate surface area is 229 Å². The fourth-order valence-electron chi connectivity index (χ4n) is 4.61. The minimum atomic E-state index is -4.62. The van der Waals surface area contributed by atoms with E-state index in [-0.39, 0.29) is 24.8 Å². The van der Waals surface area contributed by atoms with Crippen LogP contribution in [-0.4, -0.2) is 28.5 Å². The van der Waals surface area contributed by atoms with E-state index in [1.807, 2.05) is 63.2 Å². The van der Waals surface area contributed by atoms with Crippen LogP contribution in [0.5, 0.6) is 5.75 Å². The number of ether oxygens (including phenoxy) is 1. The average Bonchev–Trinajstić information content (AvgIpc) is 3.36. The molecular formula is C31H28F3NO5. The second-order valence-electron chi connectivity index (χ2n) is 9.61. The number of furan rings is 1. The smallest absolute Gasteiger partial charge is 0.449 e. The van der Waals surface area contributed by atoms with Crippen LogP contribution in [0.25, 0.3) is 11.1 Å². The molecular weight excluding hydrogens is 523 g/mol. The van der Waals surface area contributed by atoms with Gasteiger partial charge >= 0.3 is 12.1 Å². The van der Waals surface area contributed by atoms with Crippen molar-refractivity contribution in [3.05, 3.63) is 112 Å². The lowest BCUT2D eigenvalue weighted by molar-refractivity contribution is -0.153. The molecule has 0 aliphatic heterocycles. The Kier molecular flexibility index (Phi) is 8.32. The number of amides is 1. The third kappa shape index (κ3) is 6.91. The van der Waals surface area contributed by atoms with E-state index in [4.69, 9.17) is 14.3 Å². The maximum Gasteiger partial charge on any atom is 0.449 e. The number of nitrogens with zero attached hydrogens (tertiary/aromatic N) is 1. The molecule has 4 aromatic rings. The molecule has 0 aliphatic carbocycles. The van der Waals surface area contributed by atoms with Crippen molar-refractivity contribution in [3.63, 3.8) is 0 Å². The maximum absolute atomic E-state index is 13.8. The molecule has 40 heavy (non-hydrogen) atoms. The number of carboxylic acids is 1. The predicted molar refractivity (Wildman–Crippen MR) is 143 cm³/mol. The number of carbonyl (C=O) groups excluding carboxylic acids is 1.